The number of esters is 1. The van der Waals surface area contributed by atoms with Gasteiger partial charge in [-0.25, -0.2) is 23.1 Å². The van der Waals surface area contributed by atoms with Crippen molar-refractivity contribution in [1.82, 2.24) is 14.7 Å². The molecule has 5 rings (SSSR count). The Hall–Kier alpha value is -2.82. The maximum atomic E-state index is 11.1. The average molecular weight is 652 g/mol. The molecule has 0 aliphatic heterocycles. The zero-order valence-corrected chi connectivity index (χ0v) is 25.8. The number of hydrogen-bond donors (Lipinski definition) is 1. The van der Waals surface area contributed by atoms with Crippen LogP contribution in [0.1, 0.15) is 96.9 Å². The molecule has 0 saturated heterocycles. The molecule has 1 fully saturated rings. The second-order valence-electron chi connectivity index (χ2n) is 10.7. The summed E-state index contributed by atoms with van der Waals surface area (Å²) in [5.74, 6) is 0.519. The molecule has 0 atom stereocenters. The van der Waals surface area contributed by atoms with Crippen LogP contribution in [0.25, 0.3) is 21.6 Å². The summed E-state index contributed by atoms with van der Waals surface area (Å²) in [7, 11) is -2.94. The number of carbonyl (C=O) groups is 1. The molecular formula is C34H57N3O5S2. The fourth-order valence-corrected chi connectivity index (χ4v) is 5.97. The second kappa shape index (κ2) is 20.3. The lowest BCUT2D eigenvalue weighted by Gasteiger charge is -2.12. The van der Waals surface area contributed by atoms with Crippen molar-refractivity contribution in [3.05, 3.63) is 53.9 Å². The zero-order chi connectivity index (χ0) is 29.3. The van der Waals surface area contributed by atoms with Crippen molar-refractivity contribution in [1.29, 1.82) is 0 Å². The minimum absolute atomic E-state index is 0. The molecule has 1 saturated carbocycles. The Balaban J connectivity index is 0. The number of sulfonamides is 1. The van der Waals surface area contributed by atoms with Crippen LogP contribution in [0.15, 0.2) is 53.9 Å². The number of hydrogen-bond acceptors (Lipinski definition) is 8. The van der Waals surface area contributed by atoms with E-state index in [0.717, 1.165) is 47.3 Å². The van der Waals surface area contributed by atoms with Crippen LogP contribution in [0, 0.1) is 5.92 Å². The van der Waals surface area contributed by atoms with Crippen LogP contribution in [0.4, 0.5) is 0 Å². The molecule has 2 aliphatic rings. The van der Waals surface area contributed by atoms with Gasteiger partial charge in [-0.05, 0) is 64.1 Å². The van der Waals surface area contributed by atoms with Gasteiger partial charge in [0, 0.05) is 18.9 Å². The van der Waals surface area contributed by atoms with Crippen molar-refractivity contribution in [3.8, 4) is 16.5 Å². The highest BCUT2D eigenvalue weighted by Crippen LogP contribution is 2.32. The number of carbonyl (C=O) groups excluding carboxylic acids is 1. The molecule has 0 spiro atoms. The molecule has 0 amide bonds. The Kier molecular flexibility index (Phi) is 19.9. The van der Waals surface area contributed by atoms with E-state index in [2.05, 4.69) is 21.9 Å². The van der Waals surface area contributed by atoms with E-state index in [1.165, 1.54) is 0 Å². The van der Waals surface area contributed by atoms with Crippen molar-refractivity contribution in [2.45, 2.75) is 120 Å². The summed E-state index contributed by atoms with van der Waals surface area (Å²) in [5.41, 5.74) is 2.57. The second-order valence-corrected chi connectivity index (χ2v) is 13.6. The Bertz CT molecular complexity index is 1360. The van der Waals surface area contributed by atoms with Crippen molar-refractivity contribution in [3.63, 3.8) is 0 Å². The van der Waals surface area contributed by atoms with Gasteiger partial charge in [0.15, 0.2) is 0 Å². The third-order valence-corrected chi connectivity index (χ3v) is 8.75. The molecule has 0 bridgehead atoms. The fourth-order valence-electron chi connectivity index (χ4n) is 3.66. The van der Waals surface area contributed by atoms with E-state index in [0.29, 0.717) is 5.88 Å². The number of rotatable bonds is 8. The fraction of sp³-hybridized carbons (Fsp3) is 0.559. The smallest absolute Gasteiger partial charge is 0.308 e. The average Bonchev–Trinajstić information content (AvgIpc) is 3.38. The Morgan fingerprint density at radius 1 is 0.886 bits per heavy atom. The Labute approximate surface area is 271 Å². The van der Waals surface area contributed by atoms with Crippen molar-refractivity contribution < 1.29 is 22.7 Å². The van der Waals surface area contributed by atoms with Crippen LogP contribution in [0.2, 0.25) is 0 Å². The highest BCUT2D eigenvalue weighted by Gasteiger charge is 2.35. The number of ether oxygens (including phenoxy) is 2. The normalized spacial score (nSPS) is 13.8. The van der Waals surface area contributed by atoms with Crippen molar-refractivity contribution in [2.75, 3.05) is 0 Å². The molecule has 1 aromatic carbocycles. The van der Waals surface area contributed by atoms with Crippen LogP contribution in [-0.4, -0.2) is 47.9 Å². The van der Waals surface area contributed by atoms with Gasteiger partial charge < -0.3 is 9.47 Å². The van der Waals surface area contributed by atoms with Crippen LogP contribution in [-0.2, 0) is 19.6 Å². The van der Waals surface area contributed by atoms with E-state index in [9.17, 15) is 13.2 Å². The molecule has 8 nitrogen and oxygen atoms in total. The predicted molar refractivity (Wildman–Crippen MR) is 189 cm³/mol. The molecule has 3 aromatic rings. The number of para-hydroxylation sites is 2. The van der Waals surface area contributed by atoms with E-state index in [1.54, 1.807) is 11.3 Å². The maximum absolute atomic E-state index is 11.1. The van der Waals surface area contributed by atoms with Gasteiger partial charge in [0.2, 0.25) is 15.9 Å². The Morgan fingerprint density at radius 3 is 1.91 bits per heavy atom. The third kappa shape index (κ3) is 13.9. The first-order chi connectivity index (χ1) is 19.0. The number of thiophene rings is 1. The molecule has 0 unspecified atom stereocenters. The van der Waals surface area contributed by atoms with E-state index in [1.807, 2.05) is 83.3 Å². The summed E-state index contributed by atoms with van der Waals surface area (Å²) in [6.45, 7) is 11.4. The Morgan fingerprint density at radius 2 is 1.45 bits per heavy atom. The van der Waals surface area contributed by atoms with Gasteiger partial charge in [0.1, 0.15) is 11.8 Å². The first kappa shape index (κ1) is 43.3. The lowest BCUT2D eigenvalue weighted by molar-refractivity contribution is -0.152. The van der Waals surface area contributed by atoms with Gasteiger partial charge in [-0.1, -0.05) is 73.9 Å². The largest absolute Gasteiger partial charge is 0.473 e. The third-order valence-electron chi connectivity index (χ3n) is 5.72. The van der Waals surface area contributed by atoms with E-state index in [4.69, 9.17) is 14.5 Å². The van der Waals surface area contributed by atoms with Crippen molar-refractivity contribution >= 4 is 38.4 Å². The molecular weight excluding hydrogens is 595 g/mol. The van der Waals surface area contributed by atoms with Crippen LogP contribution in [0.5, 0.6) is 5.88 Å². The highest BCUT2D eigenvalue weighted by molar-refractivity contribution is 7.90. The molecule has 1 N–H and O–H groups in total. The first-order valence-electron chi connectivity index (χ1n) is 13.8. The summed E-state index contributed by atoms with van der Waals surface area (Å²) < 4.78 is 35.7. The summed E-state index contributed by atoms with van der Waals surface area (Å²) in [4.78, 5) is 21.4. The highest BCUT2D eigenvalue weighted by atomic mass is 32.2. The van der Waals surface area contributed by atoms with Gasteiger partial charge in [-0.15, -0.1) is 11.3 Å². The minimum atomic E-state index is -2.94. The molecule has 2 aromatic heterocycles. The van der Waals surface area contributed by atoms with E-state index >= 15 is 0 Å². The maximum Gasteiger partial charge on any atom is 0.308 e. The molecule has 250 valence electrons. The van der Waals surface area contributed by atoms with Crippen molar-refractivity contribution in [2.24, 2.45) is 5.92 Å². The van der Waals surface area contributed by atoms with E-state index < -0.39 is 10.0 Å². The molecule has 10 heteroatoms. The predicted octanol–water partition coefficient (Wildman–Crippen LogP) is 9.07. The van der Waals surface area contributed by atoms with Crippen LogP contribution < -0.4 is 9.46 Å². The van der Waals surface area contributed by atoms with Gasteiger partial charge in [-0.2, -0.15) is 0 Å². The molecule has 0 radical (unpaired) electrons. The first-order valence-corrected chi connectivity index (χ1v) is 16.2. The van der Waals surface area contributed by atoms with Gasteiger partial charge in [0.25, 0.3) is 0 Å². The summed E-state index contributed by atoms with van der Waals surface area (Å²) >= 11 is 1.64. The monoisotopic (exact) mass is 651 g/mol. The number of fused-ring (bicyclic) bond motifs is 1. The van der Waals surface area contributed by atoms with E-state index in [-0.39, 0.29) is 65.1 Å². The number of nitrogens with one attached hydrogen (secondary N) is 1. The lowest BCUT2D eigenvalue weighted by atomic mass is 10.2. The zero-order valence-electron chi connectivity index (χ0n) is 24.2. The number of benzene rings is 1. The van der Waals surface area contributed by atoms with Crippen LogP contribution >= 0.6 is 11.3 Å². The van der Waals surface area contributed by atoms with Gasteiger partial charge in [-0.3, -0.25) is 4.79 Å². The molecule has 44 heavy (non-hydrogen) atoms. The standard InChI is InChI=1S/C15H14N2OS.C9H14O2.C6H13NO2S.4CH4/c1-10(2)18-15-14(13-8-5-9-19-13)16-11-6-3-4-7-12(11)17-15;1-7(2)9(10)11-8-5-3-4-6-8;1-5(2)7-10(8,9)6-3-4-6;;;;/h3-10H,1-2H3;3-4,7-8H,5-6H2,1-2H3;5-7H,3-4H2,1-2H3;4*1H4. The number of aromatic nitrogens is 2. The molecule has 2 aliphatic carbocycles. The summed E-state index contributed by atoms with van der Waals surface area (Å²) in [6.07, 6.45) is 7.75. The number of nitrogens with zero attached hydrogens (tertiary/aromatic N) is 2. The van der Waals surface area contributed by atoms with Gasteiger partial charge >= 0.3 is 5.97 Å². The summed E-state index contributed by atoms with van der Waals surface area (Å²) in [6, 6.07) is 11.9. The minimum Gasteiger partial charge on any atom is -0.473 e. The topological polar surface area (TPSA) is 107 Å². The quantitative estimate of drug-likeness (QED) is 0.191. The summed E-state index contributed by atoms with van der Waals surface area (Å²) in [5, 5.41) is 1.95. The SMILES string of the molecule is C.C.C.C.CC(C)C(=O)OC1CC=CC1.CC(C)NS(=O)(=O)C1CC1.CC(C)Oc1nc2ccccc2nc1-c1cccs1. The molecule has 2 heterocycles. The van der Waals surface area contributed by atoms with Gasteiger partial charge in [0.05, 0.1) is 33.2 Å². The van der Waals surface area contributed by atoms with Crippen LogP contribution in [0.3, 0.4) is 0 Å². The lowest BCUT2D eigenvalue weighted by Crippen LogP contribution is -2.32.